The van der Waals surface area contributed by atoms with Gasteiger partial charge in [0, 0.05) is 12.1 Å². The van der Waals surface area contributed by atoms with Crippen molar-refractivity contribution in [1.82, 2.24) is 0 Å². The normalized spacial score (nSPS) is 9.70. The predicted molar refractivity (Wildman–Crippen MR) is 65.1 cm³/mol. The molecule has 2 aromatic rings. The van der Waals surface area contributed by atoms with Crippen LogP contribution in [0.15, 0.2) is 43.1 Å². The van der Waals surface area contributed by atoms with Gasteiger partial charge in [0.15, 0.2) is 11.5 Å². The van der Waals surface area contributed by atoms with Gasteiger partial charge in [0.05, 0.1) is 0 Å². The number of hydrogen-bond acceptors (Lipinski definition) is 8. The molecular weight excluding hydrogens is 272 g/mol. The Morgan fingerprint density at radius 3 is 1.40 bits per heavy atom. The van der Waals surface area contributed by atoms with E-state index in [1.807, 2.05) is 0 Å². The molecule has 0 fully saturated rings. The molecule has 0 aliphatic rings. The zero-order chi connectivity index (χ0) is 15.1. The molecule has 0 unspecified atom stereocenters. The van der Waals surface area contributed by atoms with Crippen molar-refractivity contribution in [3.05, 3.63) is 56.6 Å². The van der Waals surface area contributed by atoms with Gasteiger partial charge in [-0.15, -0.1) is 0 Å². The number of hydrogen-bond donors (Lipinski definition) is 4. The standard InChI is InChI=1S/2C6H6O4/c2*7-2-4-1-5(8)6(9)3-10-4/h2*1,3,7,9H,2H2. The Balaban J connectivity index is 0.000000200. The highest BCUT2D eigenvalue weighted by atomic mass is 16.4. The Morgan fingerprint density at radius 1 is 0.800 bits per heavy atom. The van der Waals surface area contributed by atoms with Gasteiger partial charge in [0.1, 0.15) is 37.3 Å². The molecule has 0 atom stereocenters. The van der Waals surface area contributed by atoms with E-state index in [-0.39, 0.29) is 24.7 Å². The first-order valence-electron chi connectivity index (χ1n) is 5.31. The van der Waals surface area contributed by atoms with Gasteiger partial charge in [-0.25, -0.2) is 0 Å². The Kier molecular flexibility index (Phi) is 5.51. The van der Waals surface area contributed by atoms with E-state index in [9.17, 15) is 9.59 Å². The summed E-state index contributed by atoms with van der Waals surface area (Å²) in [5.41, 5.74) is -1.09. The van der Waals surface area contributed by atoms with Gasteiger partial charge in [-0.05, 0) is 0 Å². The van der Waals surface area contributed by atoms with Crippen LogP contribution in [0.25, 0.3) is 0 Å². The molecule has 8 heteroatoms. The maximum Gasteiger partial charge on any atom is 0.226 e. The fourth-order valence-corrected chi connectivity index (χ4v) is 1.05. The lowest BCUT2D eigenvalue weighted by atomic mass is 10.4. The molecule has 2 aromatic heterocycles. The lowest BCUT2D eigenvalue weighted by Crippen LogP contribution is -1.99. The van der Waals surface area contributed by atoms with E-state index in [4.69, 9.17) is 20.4 Å². The highest BCUT2D eigenvalue weighted by molar-refractivity contribution is 5.15. The predicted octanol–water partition coefficient (Wildman–Crippen LogP) is -0.325. The van der Waals surface area contributed by atoms with E-state index in [1.54, 1.807) is 0 Å². The van der Waals surface area contributed by atoms with Crippen molar-refractivity contribution in [2.75, 3.05) is 0 Å². The first-order chi connectivity index (χ1) is 9.47. The number of rotatable bonds is 2. The van der Waals surface area contributed by atoms with Gasteiger partial charge in [0.25, 0.3) is 0 Å². The van der Waals surface area contributed by atoms with Crippen LogP contribution >= 0.6 is 0 Å². The summed E-state index contributed by atoms with van der Waals surface area (Å²) in [7, 11) is 0. The molecule has 0 amide bonds. The summed E-state index contributed by atoms with van der Waals surface area (Å²) < 4.78 is 9.18. The third kappa shape index (κ3) is 4.26. The molecule has 20 heavy (non-hydrogen) atoms. The second kappa shape index (κ2) is 7.12. The fourth-order valence-electron chi connectivity index (χ4n) is 1.05. The van der Waals surface area contributed by atoms with Crippen LogP contribution in [0.5, 0.6) is 11.5 Å². The SMILES string of the molecule is O=c1cc(CO)occ1O.O=c1cc(CO)occ1O. The summed E-state index contributed by atoms with van der Waals surface area (Å²) >= 11 is 0. The summed E-state index contributed by atoms with van der Waals surface area (Å²) in [6, 6.07) is 2.07. The second-order valence-corrected chi connectivity index (χ2v) is 3.51. The van der Waals surface area contributed by atoms with E-state index in [0.29, 0.717) is 0 Å². The van der Waals surface area contributed by atoms with Crippen LogP contribution in [0.4, 0.5) is 0 Å². The summed E-state index contributed by atoms with van der Waals surface area (Å²) in [5, 5.41) is 34.2. The summed E-state index contributed by atoms with van der Waals surface area (Å²) in [6.45, 7) is -0.676. The van der Waals surface area contributed by atoms with Crippen LogP contribution in [0.1, 0.15) is 11.5 Å². The Bertz CT molecular complexity index is 610. The van der Waals surface area contributed by atoms with Crippen molar-refractivity contribution >= 4 is 0 Å². The van der Waals surface area contributed by atoms with Crippen molar-refractivity contribution in [1.29, 1.82) is 0 Å². The first-order valence-corrected chi connectivity index (χ1v) is 5.31. The molecule has 2 rings (SSSR count). The van der Waals surface area contributed by atoms with Crippen LogP contribution in [-0.4, -0.2) is 20.4 Å². The van der Waals surface area contributed by atoms with Gasteiger partial charge >= 0.3 is 0 Å². The Hall–Kier alpha value is -2.58. The first kappa shape index (κ1) is 15.5. The average Bonchev–Trinajstić information content (AvgIpc) is 2.45. The number of aliphatic hydroxyl groups is 2. The van der Waals surface area contributed by atoms with Crippen molar-refractivity contribution in [3.8, 4) is 11.5 Å². The van der Waals surface area contributed by atoms with Crippen LogP contribution < -0.4 is 10.9 Å². The number of aromatic hydroxyl groups is 2. The van der Waals surface area contributed by atoms with Gasteiger partial charge < -0.3 is 29.3 Å². The summed E-state index contributed by atoms with van der Waals surface area (Å²) in [4.78, 5) is 21.2. The van der Waals surface area contributed by atoms with E-state index in [1.165, 1.54) is 0 Å². The minimum absolute atomic E-state index is 0.141. The van der Waals surface area contributed by atoms with Gasteiger partial charge in [-0.2, -0.15) is 0 Å². The molecule has 2 heterocycles. The highest BCUT2D eigenvalue weighted by Gasteiger charge is 1.99. The summed E-state index contributed by atoms with van der Waals surface area (Å²) in [6.07, 6.45) is 1.79. The molecular formula is C12H12O8. The van der Waals surface area contributed by atoms with Crippen molar-refractivity contribution in [2.45, 2.75) is 13.2 Å². The number of aliphatic hydroxyl groups excluding tert-OH is 2. The fraction of sp³-hybridized carbons (Fsp3) is 0.167. The van der Waals surface area contributed by atoms with Gasteiger partial charge in [-0.3, -0.25) is 9.59 Å². The molecule has 0 bridgehead atoms. The second-order valence-electron chi connectivity index (χ2n) is 3.51. The molecule has 8 nitrogen and oxygen atoms in total. The van der Waals surface area contributed by atoms with Crippen LogP contribution in [-0.2, 0) is 13.2 Å². The topological polar surface area (TPSA) is 141 Å². The van der Waals surface area contributed by atoms with Crippen molar-refractivity contribution < 1.29 is 29.3 Å². The van der Waals surface area contributed by atoms with E-state index in [0.717, 1.165) is 24.7 Å². The van der Waals surface area contributed by atoms with E-state index < -0.39 is 22.4 Å². The molecule has 0 aromatic carbocycles. The molecule has 108 valence electrons. The molecule has 4 N–H and O–H groups in total. The smallest absolute Gasteiger partial charge is 0.226 e. The van der Waals surface area contributed by atoms with Gasteiger partial charge in [0.2, 0.25) is 10.9 Å². The quantitative estimate of drug-likeness (QED) is 0.587. The molecule has 0 aliphatic heterocycles. The maximum atomic E-state index is 10.6. The van der Waals surface area contributed by atoms with Crippen molar-refractivity contribution in [2.24, 2.45) is 0 Å². The lowest BCUT2D eigenvalue weighted by molar-refractivity contribution is 0.241. The maximum absolute atomic E-state index is 10.6. The largest absolute Gasteiger partial charge is 0.502 e. The third-order valence-electron chi connectivity index (χ3n) is 2.04. The highest BCUT2D eigenvalue weighted by Crippen LogP contribution is 2.02. The van der Waals surface area contributed by atoms with E-state index >= 15 is 0 Å². The lowest BCUT2D eigenvalue weighted by Gasteiger charge is -1.92. The van der Waals surface area contributed by atoms with Crippen LogP contribution in [0.3, 0.4) is 0 Å². The Morgan fingerprint density at radius 2 is 1.15 bits per heavy atom. The van der Waals surface area contributed by atoms with E-state index in [2.05, 4.69) is 8.83 Å². The Labute approximate surface area is 111 Å². The molecule has 0 spiro atoms. The van der Waals surface area contributed by atoms with Crippen LogP contribution in [0, 0.1) is 0 Å². The minimum Gasteiger partial charge on any atom is -0.502 e. The molecule has 0 saturated carbocycles. The van der Waals surface area contributed by atoms with Crippen LogP contribution in [0.2, 0.25) is 0 Å². The molecule has 0 radical (unpaired) electrons. The van der Waals surface area contributed by atoms with Crippen molar-refractivity contribution in [3.63, 3.8) is 0 Å². The zero-order valence-corrected chi connectivity index (χ0v) is 10.1. The van der Waals surface area contributed by atoms with Gasteiger partial charge in [-0.1, -0.05) is 0 Å². The molecule has 0 aliphatic carbocycles. The third-order valence-corrected chi connectivity index (χ3v) is 2.04. The monoisotopic (exact) mass is 284 g/mol. The minimum atomic E-state index is -0.546. The molecule has 0 saturated heterocycles. The summed E-state index contributed by atoms with van der Waals surface area (Å²) in [5.74, 6) is -0.611. The average molecular weight is 284 g/mol. The zero-order valence-electron chi connectivity index (χ0n) is 10.1.